The van der Waals surface area contributed by atoms with Gasteiger partial charge in [-0.05, 0) is 74.9 Å². The first-order chi connectivity index (χ1) is 21.4. The van der Waals surface area contributed by atoms with Crippen molar-refractivity contribution in [2.45, 2.75) is 62.8 Å². The monoisotopic (exact) mass is 669 g/mol. The highest BCUT2D eigenvalue weighted by Gasteiger charge is 2.57. The normalized spacial score (nSPS) is 24.4. The molecular formula is C32H43F4N5O4S. The van der Waals surface area contributed by atoms with Gasteiger partial charge in [0, 0.05) is 69.5 Å². The predicted molar refractivity (Wildman–Crippen MR) is 168 cm³/mol. The van der Waals surface area contributed by atoms with Gasteiger partial charge in [0.2, 0.25) is 5.67 Å². The van der Waals surface area contributed by atoms with Gasteiger partial charge in [-0.2, -0.15) is 25.9 Å². The topological polar surface area (TPSA) is 99.4 Å². The molecule has 9 nitrogen and oxygen atoms in total. The summed E-state index contributed by atoms with van der Waals surface area (Å²) in [5.74, 6) is -0.771. The largest absolute Gasteiger partial charge is 0.497 e. The van der Waals surface area contributed by atoms with E-state index in [1.54, 1.807) is 41.2 Å². The molecule has 46 heavy (non-hydrogen) atoms. The van der Waals surface area contributed by atoms with E-state index in [-0.39, 0.29) is 57.3 Å². The van der Waals surface area contributed by atoms with Crippen LogP contribution in [0.2, 0.25) is 0 Å². The number of ether oxygens (including phenoxy) is 1. The first-order valence-electron chi connectivity index (χ1n) is 15.5. The van der Waals surface area contributed by atoms with Gasteiger partial charge < -0.3 is 14.5 Å². The first-order valence-corrected chi connectivity index (χ1v) is 17.0. The molecule has 2 atom stereocenters. The summed E-state index contributed by atoms with van der Waals surface area (Å²) in [6.45, 7) is 7.33. The standard InChI is InChI=1S/C32H43F4N5O4S/c1-30(2,3)40-20-27(23-5-8-25(45-4)9-6-23)31(33,21-40)29(42)39-13-11-22(12-14-39)26-10-7-24(32(34,35)36)19-28(26)38-15-17-41(18-16-38)46(37,43)44/h5-10,19,22,27H,11-18,20-21H2,1-4H3,(H2,37,43,44)/t27-,31-/m0/s1. The van der Waals surface area contributed by atoms with E-state index in [0.717, 1.165) is 22.0 Å². The van der Waals surface area contributed by atoms with Crippen LogP contribution in [0.1, 0.15) is 62.1 Å². The molecule has 0 aliphatic carbocycles. The number of halogens is 4. The molecule has 2 aromatic carbocycles. The SMILES string of the molecule is COc1ccc([C@@H]2CN(C(C)(C)C)C[C@@]2(F)C(=O)N2CCC(c3ccc(C(F)(F)F)cc3N3CCN(S(N)(=O)=O)CC3)CC2)cc1. The van der Waals surface area contributed by atoms with E-state index in [0.29, 0.717) is 36.4 Å². The summed E-state index contributed by atoms with van der Waals surface area (Å²) in [7, 11) is -2.35. The van der Waals surface area contributed by atoms with Gasteiger partial charge in [-0.15, -0.1) is 0 Å². The van der Waals surface area contributed by atoms with Crippen LogP contribution < -0.4 is 14.8 Å². The Balaban J connectivity index is 1.36. The Morgan fingerprint density at radius 3 is 2.09 bits per heavy atom. The molecule has 3 heterocycles. The highest BCUT2D eigenvalue weighted by Crippen LogP contribution is 2.45. The van der Waals surface area contributed by atoms with Crippen LogP contribution in [0.5, 0.6) is 5.75 Å². The third-order valence-electron chi connectivity index (χ3n) is 9.72. The molecular weight excluding hydrogens is 626 g/mol. The lowest BCUT2D eigenvalue weighted by molar-refractivity contribution is -0.145. The minimum absolute atomic E-state index is 0.0422. The van der Waals surface area contributed by atoms with Crippen LogP contribution in [0.25, 0.3) is 0 Å². The third-order valence-corrected chi connectivity index (χ3v) is 10.8. The summed E-state index contributed by atoms with van der Waals surface area (Å²) >= 11 is 0. The fourth-order valence-corrected chi connectivity index (χ4v) is 7.60. The van der Waals surface area contributed by atoms with Crippen molar-refractivity contribution in [3.63, 3.8) is 0 Å². The number of benzene rings is 2. The van der Waals surface area contributed by atoms with E-state index in [9.17, 15) is 26.4 Å². The van der Waals surface area contributed by atoms with Gasteiger partial charge in [0.15, 0.2) is 0 Å². The number of amides is 1. The van der Waals surface area contributed by atoms with E-state index < -0.39 is 39.4 Å². The number of rotatable bonds is 6. The van der Waals surface area contributed by atoms with Crippen LogP contribution in [0, 0.1) is 0 Å². The van der Waals surface area contributed by atoms with E-state index in [4.69, 9.17) is 9.88 Å². The van der Waals surface area contributed by atoms with Gasteiger partial charge in [0.1, 0.15) is 5.75 Å². The number of nitrogens with two attached hydrogens (primary N) is 1. The van der Waals surface area contributed by atoms with Crippen LogP contribution in [-0.2, 0) is 21.2 Å². The highest BCUT2D eigenvalue weighted by molar-refractivity contribution is 7.86. The zero-order chi connectivity index (χ0) is 33.7. The maximum atomic E-state index is 17.2. The summed E-state index contributed by atoms with van der Waals surface area (Å²) in [6, 6.07) is 10.8. The summed E-state index contributed by atoms with van der Waals surface area (Å²) in [4.78, 5) is 19.4. The molecule has 3 aliphatic heterocycles. The smallest absolute Gasteiger partial charge is 0.416 e. The average Bonchev–Trinajstić information content (AvgIpc) is 3.39. The Bertz CT molecular complexity index is 1520. The number of nitrogens with zero attached hydrogens (tertiary/aromatic N) is 4. The number of piperazine rings is 1. The number of anilines is 1. The number of hydrogen-bond acceptors (Lipinski definition) is 6. The van der Waals surface area contributed by atoms with E-state index in [1.807, 2.05) is 25.7 Å². The maximum Gasteiger partial charge on any atom is 0.416 e. The molecule has 14 heteroatoms. The summed E-state index contributed by atoms with van der Waals surface area (Å²) in [6.07, 6.45) is -3.65. The summed E-state index contributed by atoms with van der Waals surface area (Å²) in [5.41, 5.74) is -1.49. The molecule has 0 spiro atoms. The first kappa shape index (κ1) is 34.4. The average molecular weight is 670 g/mol. The van der Waals surface area contributed by atoms with Crippen molar-refractivity contribution in [2.24, 2.45) is 5.14 Å². The predicted octanol–water partition coefficient (Wildman–Crippen LogP) is 4.35. The Labute approximate surface area is 268 Å². The zero-order valence-corrected chi connectivity index (χ0v) is 27.5. The van der Waals surface area contributed by atoms with Gasteiger partial charge >= 0.3 is 6.18 Å². The molecule has 0 aromatic heterocycles. The number of methoxy groups -OCH3 is 1. The number of likely N-dealkylation sites (tertiary alicyclic amines) is 2. The van der Waals surface area contributed by atoms with Gasteiger partial charge in [-0.3, -0.25) is 9.69 Å². The second-order valence-corrected chi connectivity index (χ2v) is 15.1. The Morgan fingerprint density at radius 1 is 0.957 bits per heavy atom. The van der Waals surface area contributed by atoms with Crippen molar-refractivity contribution in [1.29, 1.82) is 0 Å². The van der Waals surface area contributed by atoms with Crippen molar-refractivity contribution in [3.8, 4) is 5.75 Å². The van der Waals surface area contributed by atoms with Crippen molar-refractivity contribution in [1.82, 2.24) is 14.1 Å². The molecule has 0 bridgehead atoms. The lowest BCUT2D eigenvalue weighted by Crippen LogP contribution is -2.53. The minimum Gasteiger partial charge on any atom is -0.497 e. The quantitative estimate of drug-likeness (QED) is 0.460. The number of carbonyl (C=O) groups excluding carboxylic acids is 1. The molecule has 0 saturated carbocycles. The fourth-order valence-electron chi connectivity index (χ4n) is 6.93. The zero-order valence-electron chi connectivity index (χ0n) is 26.7. The molecule has 2 aromatic rings. The minimum atomic E-state index is -4.55. The second kappa shape index (κ2) is 12.6. The summed E-state index contributed by atoms with van der Waals surface area (Å²) < 4.78 is 88.3. The molecule has 3 aliphatic rings. The molecule has 0 unspecified atom stereocenters. The Morgan fingerprint density at radius 2 is 1.57 bits per heavy atom. The molecule has 254 valence electrons. The van der Waals surface area contributed by atoms with Crippen LogP contribution in [0.3, 0.4) is 0 Å². The maximum absolute atomic E-state index is 17.2. The van der Waals surface area contributed by atoms with E-state index in [2.05, 4.69) is 0 Å². The number of hydrogen-bond donors (Lipinski definition) is 1. The van der Waals surface area contributed by atoms with Crippen molar-refractivity contribution in [2.75, 3.05) is 64.4 Å². The van der Waals surface area contributed by atoms with Crippen molar-refractivity contribution in [3.05, 3.63) is 59.2 Å². The van der Waals surface area contributed by atoms with Crippen LogP contribution in [0.15, 0.2) is 42.5 Å². The molecule has 3 fully saturated rings. The van der Waals surface area contributed by atoms with Gasteiger partial charge in [-0.25, -0.2) is 9.53 Å². The highest BCUT2D eigenvalue weighted by atomic mass is 32.2. The lowest BCUT2D eigenvalue weighted by atomic mass is 9.83. The van der Waals surface area contributed by atoms with E-state index >= 15 is 4.39 Å². The molecule has 5 rings (SSSR count). The lowest BCUT2D eigenvalue weighted by Gasteiger charge is -2.40. The second-order valence-electron chi connectivity index (χ2n) is 13.5. The third kappa shape index (κ3) is 6.99. The fraction of sp³-hybridized carbons (Fsp3) is 0.594. The molecule has 3 saturated heterocycles. The molecule has 2 N–H and O–H groups in total. The number of piperidine rings is 1. The van der Waals surface area contributed by atoms with Gasteiger partial charge in [0.25, 0.3) is 16.1 Å². The number of carbonyl (C=O) groups is 1. The summed E-state index contributed by atoms with van der Waals surface area (Å²) in [5, 5.41) is 5.26. The van der Waals surface area contributed by atoms with Crippen LogP contribution in [-0.4, -0.2) is 99.1 Å². The van der Waals surface area contributed by atoms with Crippen LogP contribution >= 0.6 is 0 Å². The molecule has 0 radical (unpaired) electrons. The van der Waals surface area contributed by atoms with Crippen molar-refractivity contribution < 1.29 is 35.5 Å². The Hall–Kier alpha value is -2.94. The Kier molecular flexibility index (Phi) is 9.41. The van der Waals surface area contributed by atoms with Gasteiger partial charge in [0.05, 0.1) is 12.7 Å². The number of alkyl halides is 4. The van der Waals surface area contributed by atoms with E-state index in [1.165, 1.54) is 6.07 Å². The molecule has 1 amide bonds. The van der Waals surface area contributed by atoms with Crippen molar-refractivity contribution >= 4 is 21.8 Å². The van der Waals surface area contributed by atoms with Crippen LogP contribution in [0.4, 0.5) is 23.2 Å². The van der Waals surface area contributed by atoms with Gasteiger partial charge in [-0.1, -0.05) is 18.2 Å².